The van der Waals surface area contributed by atoms with Crippen LogP contribution in [0.15, 0.2) is 36.7 Å². The molecular weight excluding hydrogens is 278 g/mol. The van der Waals surface area contributed by atoms with Gasteiger partial charge < -0.3 is 10.6 Å². The van der Waals surface area contributed by atoms with Crippen molar-refractivity contribution in [1.82, 2.24) is 9.97 Å². The molecule has 6 nitrogen and oxygen atoms in total. The van der Waals surface area contributed by atoms with Crippen LogP contribution in [0.1, 0.15) is 29.9 Å². The third kappa shape index (κ3) is 4.03. The zero-order valence-electron chi connectivity index (χ0n) is 12.5. The minimum absolute atomic E-state index is 0.197. The minimum Gasteiger partial charge on any atom is -0.369 e. The topological polar surface area (TPSA) is 90.7 Å². The lowest BCUT2D eigenvalue weighted by molar-refractivity contribution is 0.102. The molecule has 2 rings (SSSR count). The number of aromatic nitrogens is 2. The Morgan fingerprint density at radius 3 is 2.68 bits per heavy atom. The van der Waals surface area contributed by atoms with E-state index in [1.165, 1.54) is 12.4 Å². The summed E-state index contributed by atoms with van der Waals surface area (Å²) >= 11 is 0. The van der Waals surface area contributed by atoms with Gasteiger partial charge in [0, 0.05) is 6.54 Å². The molecule has 0 fully saturated rings. The molecule has 0 aliphatic heterocycles. The lowest BCUT2D eigenvalue weighted by atomic mass is 10.2. The lowest BCUT2D eigenvalue weighted by Crippen LogP contribution is -2.16. The third-order valence-electron chi connectivity index (χ3n) is 2.87. The summed E-state index contributed by atoms with van der Waals surface area (Å²) in [6, 6.07) is 8.83. The van der Waals surface area contributed by atoms with Crippen LogP contribution in [0, 0.1) is 17.2 Å². The fourth-order valence-electron chi connectivity index (χ4n) is 1.72. The van der Waals surface area contributed by atoms with Crippen LogP contribution in [-0.2, 0) is 0 Å². The maximum absolute atomic E-state index is 12.1. The van der Waals surface area contributed by atoms with Gasteiger partial charge in [-0.1, -0.05) is 26.0 Å². The molecule has 0 saturated heterocycles. The van der Waals surface area contributed by atoms with Crippen molar-refractivity contribution < 1.29 is 4.79 Å². The van der Waals surface area contributed by atoms with Crippen LogP contribution in [-0.4, -0.2) is 22.4 Å². The smallest absolute Gasteiger partial charge is 0.275 e. The first-order valence-corrected chi connectivity index (χ1v) is 6.96. The molecule has 112 valence electrons. The highest BCUT2D eigenvalue weighted by molar-refractivity contribution is 6.03. The number of para-hydroxylation sites is 1. The number of benzene rings is 1. The summed E-state index contributed by atoms with van der Waals surface area (Å²) in [5.41, 5.74) is 1.06. The number of hydrogen-bond acceptors (Lipinski definition) is 5. The summed E-state index contributed by atoms with van der Waals surface area (Å²) in [5, 5.41) is 14.8. The predicted octanol–water partition coefficient (Wildman–Crippen LogP) is 2.67. The number of anilines is 2. The predicted molar refractivity (Wildman–Crippen MR) is 84.5 cm³/mol. The van der Waals surface area contributed by atoms with Crippen LogP contribution in [0.4, 0.5) is 11.5 Å². The molecule has 0 unspecified atom stereocenters. The highest BCUT2D eigenvalue weighted by Crippen LogP contribution is 2.14. The summed E-state index contributed by atoms with van der Waals surface area (Å²) in [6.07, 6.45) is 2.93. The van der Waals surface area contributed by atoms with Crippen molar-refractivity contribution >= 4 is 17.4 Å². The highest BCUT2D eigenvalue weighted by atomic mass is 16.1. The molecule has 1 heterocycles. The second-order valence-corrected chi connectivity index (χ2v) is 5.17. The van der Waals surface area contributed by atoms with Crippen LogP contribution in [0.3, 0.4) is 0 Å². The Balaban J connectivity index is 2.05. The molecule has 1 amide bonds. The molecule has 1 aromatic heterocycles. The maximum Gasteiger partial charge on any atom is 0.275 e. The molecule has 6 heteroatoms. The number of hydrogen-bond donors (Lipinski definition) is 2. The van der Waals surface area contributed by atoms with E-state index < -0.39 is 5.91 Å². The molecule has 0 atom stereocenters. The number of rotatable bonds is 5. The van der Waals surface area contributed by atoms with Crippen LogP contribution >= 0.6 is 0 Å². The molecular formula is C16H17N5O. The first kappa shape index (κ1) is 15.4. The molecule has 0 aliphatic rings. The van der Waals surface area contributed by atoms with E-state index in [4.69, 9.17) is 5.26 Å². The maximum atomic E-state index is 12.1. The molecule has 0 spiro atoms. The monoisotopic (exact) mass is 295 g/mol. The third-order valence-corrected chi connectivity index (χ3v) is 2.87. The molecule has 2 N–H and O–H groups in total. The van der Waals surface area contributed by atoms with Gasteiger partial charge in [-0.05, 0) is 18.1 Å². The van der Waals surface area contributed by atoms with Crippen LogP contribution in [0.25, 0.3) is 0 Å². The molecule has 0 bridgehead atoms. The van der Waals surface area contributed by atoms with Crippen molar-refractivity contribution in [3.05, 3.63) is 47.9 Å². The van der Waals surface area contributed by atoms with Gasteiger partial charge in [-0.3, -0.25) is 4.79 Å². The largest absolute Gasteiger partial charge is 0.369 e. The first-order valence-electron chi connectivity index (χ1n) is 6.96. The second kappa shape index (κ2) is 7.18. The van der Waals surface area contributed by atoms with Gasteiger partial charge in [0.15, 0.2) is 0 Å². The van der Waals surface area contributed by atoms with Gasteiger partial charge in [-0.15, -0.1) is 0 Å². The molecule has 22 heavy (non-hydrogen) atoms. The van der Waals surface area contributed by atoms with Gasteiger partial charge in [0.05, 0.1) is 23.6 Å². The Kier molecular flexibility index (Phi) is 5.04. The summed E-state index contributed by atoms with van der Waals surface area (Å²) in [5.74, 6) is 0.723. The Morgan fingerprint density at radius 1 is 1.27 bits per heavy atom. The van der Waals surface area contributed by atoms with Crippen molar-refractivity contribution in [3.8, 4) is 6.07 Å². The van der Waals surface area contributed by atoms with Crippen molar-refractivity contribution in [2.45, 2.75) is 13.8 Å². The average molecular weight is 295 g/mol. The van der Waals surface area contributed by atoms with Crippen molar-refractivity contribution in [1.29, 1.82) is 5.26 Å². The minimum atomic E-state index is -0.398. The van der Waals surface area contributed by atoms with Crippen molar-refractivity contribution in [3.63, 3.8) is 0 Å². The SMILES string of the molecule is CC(C)CNc1cnc(C(=O)Nc2ccccc2C#N)cn1. The van der Waals surface area contributed by atoms with Crippen LogP contribution in [0.5, 0.6) is 0 Å². The number of amides is 1. The normalized spacial score (nSPS) is 10.1. The second-order valence-electron chi connectivity index (χ2n) is 5.17. The van der Waals surface area contributed by atoms with Crippen molar-refractivity contribution in [2.24, 2.45) is 5.92 Å². The van der Waals surface area contributed by atoms with E-state index in [0.717, 1.165) is 6.54 Å². The Morgan fingerprint density at radius 2 is 2.05 bits per heavy atom. The van der Waals surface area contributed by atoms with Gasteiger partial charge in [0.1, 0.15) is 17.6 Å². The van der Waals surface area contributed by atoms with Gasteiger partial charge >= 0.3 is 0 Å². The number of carbonyl (C=O) groups excluding carboxylic acids is 1. The van der Waals surface area contributed by atoms with E-state index >= 15 is 0 Å². The van der Waals surface area contributed by atoms with E-state index in [0.29, 0.717) is 23.0 Å². The molecule has 0 aliphatic carbocycles. The molecule has 2 aromatic rings. The Labute approximate surface area is 129 Å². The van der Waals surface area contributed by atoms with Gasteiger partial charge in [0.2, 0.25) is 0 Å². The van der Waals surface area contributed by atoms with Gasteiger partial charge in [0.25, 0.3) is 5.91 Å². The molecule has 0 radical (unpaired) electrons. The van der Waals surface area contributed by atoms with Gasteiger partial charge in [-0.25, -0.2) is 9.97 Å². The number of carbonyl (C=O) groups is 1. The van der Waals surface area contributed by atoms with E-state index in [-0.39, 0.29) is 5.69 Å². The van der Waals surface area contributed by atoms with E-state index in [2.05, 4.69) is 34.4 Å². The molecule has 1 aromatic carbocycles. The average Bonchev–Trinajstić information content (AvgIpc) is 2.54. The number of nitrogens with zero attached hydrogens (tertiary/aromatic N) is 3. The zero-order chi connectivity index (χ0) is 15.9. The first-order chi connectivity index (χ1) is 10.6. The van der Waals surface area contributed by atoms with Crippen LogP contribution < -0.4 is 10.6 Å². The fraction of sp³-hybridized carbons (Fsp3) is 0.250. The number of nitriles is 1. The lowest BCUT2D eigenvalue weighted by Gasteiger charge is -2.09. The van der Waals surface area contributed by atoms with Crippen LogP contribution in [0.2, 0.25) is 0 Å². The summed E-state index contributed by atoms with van der Waals surface area (Å²) < 4.78 is 0. The fourth-order valence-corrected chi connectivity index (χ4v) is 1.72. The van der Waals surface area contributed by atoms with E-state index in [1.807, 2.05) is 6.07 Å². The van der Waals surface area contributed by atoms with Crippen molar-refractivity contribution in [2.75, 3.05) is 17.2 Å². The van der Waals surface area contributed by atoms with E-state index in [1.54, 1.807) is 24.3 Å². The highest BCUT2D eigenvalue weighted by Gasteiger charge is 2.10. The van der Waals surface area contributed by atoms with E-state index in [9.17, 15) is 4.79 Å². The standard InChI is InChI=1S/C16H17N5O/c1-11(2)8-19-15-10-18-14(9-20-15)16(22)21-13-6-4-3-5-12(13)7-17/h3-6,9-11H,8H2,1-2H3,(H,19,20)(H,21,22). The summed E-state index contributed by atoms with van der Waals surface area (Å²) in [6.45, 7) is 4.97. The number of nitrogens with one attached hydrogen (secondary N) is 2. The van der Waals surface area contributed by atoms with Gasteiger partial charge in [-0.2, -0.15) is 5.26 Å². The summed E-state index contributed by atoms with van der Waals surface area (Å²) in [4.78, 5) is 20.4. The Bertz CT molecular complexity index is 688. The quantitative estimate of drug-likeness (QED) is 0.885. The zero-order valence-corrected chi connectivity index (χ0v) is 12.5. The molecule has 0 saturated carbocycles. The summed E-state index contributed by atoms with van der Waals surface area (Å²) in [7, 11) is 0. The Hall–Kier alpha value is -2.94.